The molecule has 21 heavy (non-hydrogen) atoms. The Labute approximate surface area is 128 Å². The summed E-state index contributed by atoms with van der Waals surface area (Å²) in [5.41, 5.74) is 12.0. The third-order valence-electron chi connectivity index (χ3n) is 3.66. The highest BCUT2D eigenvalue weighted by Gasteiger charge is 2.28. The Morgan fingerprint density at radius 1 is 1.48 bits per heavy atom. The van der Waals surface area contributed by atoms with Gasteiger partial charge >= 0.3 is 0 Å². The number of nitrogens with zero attached hydrogens (tertiary/aromatic N) is 1. The summed E-state index contributed by atoms with van der Waals surface area (Å²) in [6, 6.07) is 0. The third-order valence-corrected chi connectivity index (χ3v) is 4.93. The van der Waals surface area contributed by atoms with Gasteiger partial charge in [0.15, 0.2) is 0 Å². The van der Waals surface area contributed by atoms with E-state index in [9.17, 15) is 9.59 Å². The molecule has 1 atom stereocenters. The van der Waals surface area contributed by atoms with Gasteiger partial charge in [-0.25, -0.2) is 0 Å². The molecule has 2 rings (SSSR count). The number of carbonyl (C=O) groups is 2. The predicted molar refractivity (Wildman–Crippen MR) is 85.9 cm³/mol. The summed E-state index contributed by atoms with van der Waals surface area (Å²) in [5.74, 6) is -0.276. The molecule has 2 amide bonds. The molecule has 0 aromatic carbocycles. The van der Waals surface area contributed by atoms with Gasteiger partial charge in [-0.15, -0.1) is 11.3 Å². The lowest BCUT2D eigenvalue weighted by Crippen LogP contribution is -2.35. The first-order chi connectivity index (χ1) is 9.95. The maximum absolute atomic E-state index is 12.0. The molecule has 1 aromatic rings. The Hall–Kier alpha value is -1.76. The number of thiophene rings is 1. The summed E-state index contributed by atoms with van der Waals surface area (Å²) in [6.07, 6.45) is 2.24. The van der Waals surface area contributed by atoms with Crippen LogP contribution in [-0.2, 0) is 0 Å². The monoisotopic (exact) mass is 310 g/mol. The molecule has 0 bridgehead atoms. The van der Waals surface area contributed by atoms with Crippen LogP contribution in [0.4, 0.5) is 10.7 Å². The summed E-state index contributed by atoms with van der Waals surface area (Å²) in [5, 5.41) is 3.44. The van der Waals surface area contributed by atoms with Gasteiger partial charge in [0.1, 0.15) is 9.88 Å². The van der Waals surface area contributed by atoms with Gasteiger partial charge < -0.3 is 21.7 Å². The Morgan fingerprint density at radius 2 is 2.19 bits per heavy atom. The Morgan fingerprint density at radius 3 is 2.76 bits per heavy atom. The lowest BCUT2D eigenvalue weighted by Gasteiger charge is -2.32. The fraction of sp³-hybridized carbons (Fsp3) is 0.571. The summed E-state index contributed by atoms with van der Waals surface area (Å²) in [7, 11) is 0. The van der Waals surface area contributed by atoms with Crippen molar-refractivity contribution in [3.05, 3.63) is 10.4 Å². The molecule has 0 radical (unpaired) electrons. The van der Waals surface area contributed by atoms with Gasteiger partial charge in [-0.05, 0) is 25.7 Å². The van der Waals surface area contributed by atoms with Crippen LogP contribution in [0, 0.1) is 5.92 Å². The topological polar surface area (TPSA) is 101 Å². The second-order valence-electron chi connectivity index (χ2n) is 5.44. The van der Waals surface area contributed by atoms with Crippen molar-refractivity contribution >= 4 is 33.8 Å². The number of hydrogen-bond acceptors (Lipinski definition) is 5. The van der Waals surface area contributed by atoms with Gasteiger partial charge in [-0.3, -0.25) is 9.59 Å². The molecule has 0 aliphatic carbocycles. The molecule has 1 fully saturated rings. The van der Waals surface area contributed by atoms with Crippen LogP contribution >= 0.6 is 11.3 Å². The molecular formula is C14H22N4O2S. The van der Waals surface area contributed by atoms with Crippen LogP contribution in [0.3, 0.4) is 0 Å². The predicted octanol–water partition coefficient (Wildman–Crippen LogP) is 1.42. The molecule has 7 heteroatoms. The molecule has 1 aromatic heterocycles. The molecule has 1 saturated heterocycles. The Kier molecular flexibility index (Phi) is 4.72. The fourth-order valence-electron chi connectivity index (χ4n) is 2.68. The summed E-state index contributed by atoms with van der Waals surface area (Å²) in [6.45, 7) is 6.24. The van der Waals surface area contributed by atoms with Crippen molar-refractivity contribution in [2.75, 3.05) is 30.3 Å². The van der Waals surface area contributed by atoms with E-state index in [4.69, 9.17) is 11.5 Å². The largest absolute Gasteiger partial charge is 0.397 e. The minimum atomic E-state index is -0.576. The first-order valence-corrected chi connectivity index (χ1v) is 8.02. The second-order valence-corrected chi connectivity index (χ2v) is 6.44. The number of hydrogen-bond donors (Lipinski definition) is 3. The molecule has 0 spiro atoms. The van der Waals surface area contributed by atoms with E-state index < -0.39 is 5.91 Å². The third kappa shape index (κ3) is 3.12. The van der Waals surface area contributed by atoms with E-state index in [2.05, 4.69) is 17.1 Å². The molecule has 6 nitrogen and oxygen atoms in total. The summed E-state index contributed by atoms with van der Waals surface area (Å²) < 4.78 is 0. The molecule has 1 unspecified atom stereocenters. The van der Waals surface area contributed by atoms with Crippen LogP contribution < -0.4 is 21.7 Å². The maximum atomic E-state index is 12.0. The highest BCUT2D eigenvalue weighted by molar-refractivity contribution is 7.19. The summed E-state index contributed by atoms with van der Waals surface area (Å²) in [4.78, 5) is 26.3. The fourth-order valence-corrected chi connectivity index (χ4v) is 3.85. The Balaban J connectivity index is 2.42. The lowest BCUT2D eigenvalue weighted by molar-refractivity contribution is 0.0960. The van der Waals surface area contributed by atoms with E-state index in [0.29, 0.717) is 17.3 Å². The zero-order chi connectivity index (χ0) is 15.6. The zero-order valence-electron chi connectivity index (χ0n) is 12.4. The van der Waals surface area contributed by atoms with E-state index in [-0.39, 0.29) is 17.2 Å². The number of amides is 2. The van der Waals surface area contributed by atoms with E-state index in [1.165, 1.54) is 17.8 Å². The van der Waals surface area contributed by atoms with Gasteiger partial charge in [0.25, 0.3) is 11.8 Å². The van der Waals surface area contributed by atoms with Crippen LogP contribution in [0.5, 0.6) is 0 Å². The molecule has 116 valence electrons. The number of nitrogen functional groups attached to an aromatic ring is 1. The van der Waals surface area contributed by atoms with Gasteiger partial charge in [-0.1, -0.05) is 6.92 Å². The number of carbonyl (C=O) groups excluding carboxylic acids is 2. The standard InChI is InChI=1S/C14H22N4O2S/c1-3-17-13(20)11-10(15)9(12(16)19)14(21-11)18-6-4-5-8(2)7-18/h8H,3-7,15H2,1-2H3,(H2,16,19)(H,17,20). The molecule has 5 N–H and O–H groups in total. The number of primary amides is 1. The number of anilines is 2. The van der Waals surface area contributed by atoms with Crippen molar-refractivity contribution in [1.29, 1.82) is 0 Å². The smallest absolute Gasteiger partial charge is 0.263 e. The first-order valence-electron chi connectivity index (χ1n) is 7.20. The average molecular weight is 310 g/mol. The van der Waals surface area contributed by atoms with Gasteiger partial charge in [0.2, 0.25) is 0 Å². The van der Waals surface area contributed by atoms with Crippen molar-refractivity contribution in [3.8, 4) is 0 Å². The van der Waals surface area contributed by atoms with E-state index >= 15 is 0 Å². The highest BCUT2D eigenvalue weighted by atomic mass is 32.1. The maximum Gasteiger partial charge on any atom is 0.263 e. The normalized spacial score (nSPS) is 18.6. The number of rotatable bonds is 4. The van der Waals surface area contributed by atoms with Crippen LogP contribution in [0.2, 0.25) is 0 Å². The number of nitrogens with one attached hydrogen (secondary N) is 1. The van der Waals surface area contributed by atoms with E-state index in [1.807, 2.05) is 6.92 Å². The SMILES string of the molecule is CCNC(=O)c1sc(N2CCCC(C)C2)c(C(N)=O)c1N. The highest BCUT2D eigenvalue weighted by Crippen LogP contribution is 2.39. The first kappa shape index (κ1) is 15.6. The lowest BCUT2D eigenvalue weighted by atomic mass is 10.0. The quantitative estimate of drug-likeness (QED) is 0.782. The number of piperidine rings is 1. The molecular weight excluding hydrogens is 288 g/mol. The van der Waals surface area contributed by atoms with Gasteiger partial charge in [0.05, 0.1) is 11.3 Å². The van der Waals surface area contributed by atoms with Gasteiger partial charge in [-0.2, -0.15) is 0 Å². The van der Waals surface area contributed by atoms with E-state index in [1.54, 1.807) is 0 Å². The van der Waals surface area contributed by atoms with Gasteiger partial charge in [0, 0.05) is 19.6 Å². The molecule has 1 aliphatic rings. The average Bonchev–Trinajstić information content (AvgIpc) is 2.77. The van der Waals surface area contributed by atoms with Crippen LogP contribution in [0.1, 0.15) is 46.7 Å². The van der Waals surface area contributed by atoms with Crippen LogP contribution in [-0.4, -0.2) is 31.4 Å². The molecule has 0 saturated carbocycles. The minimum Gasteiger partial charge on any atom is -0.397 e. The van der Waals surface area contributed by atoms with Crippen molar-refractivity contribution in [1.82, 2.24) is 5.32 Å². The second kappa shape index (κ2) is 6.34. The number of nitrogens with two attached hydrogens (primary N) is 2. The van der Waals surface area contributed by atoms with Crippen molar-refractivity contribution in [2.24, 2.45) is 11.7 Å². The van der Waals surface area contributed by atoms with Crippen molar-refractivity contribution < 1.29 is 9.59 Å². The van der Waals surface area contributed by atoms with Crippen molar-refractivity contribution in [2.45, 2.75) is 26.7 Å². The van der Waals surface area contributed by atoms with Crippen LogP contribution in [0.15, 0.2) is 0 Å². The van der Waals surface area contributed by atoms with Crippen molar-refractivity contribution in [3.63, 3.8) is 0 Å². The Bertz CT molecular complexity index is 555. The van der Waals surface area contributed by atoms with Crippen LogP contribution in [0.25, 0.3) is 0 Å². The summed E-state index contributed by atoms with van der Waals surface area (Å²) >= 11 is 1.26. The van der Waals surface area contributed by atoms with E-state index in [0.717, 1.165) is 24.5 Å². The molecule has 1 aliphatic heterocycles. The minimum absolute atomic E-state index is 0.201. The molecule has 2 heterocycles. The zero-order valence-corrected chi connectivity index (χ0v) is 13.3.